The highest BCUT2D eigenvalue weighted by Gasteiger charge is 2.60. The standard InChI is InChI=1S/C7H12N2S2/c1-7(2)3(5(8)10)4(7)6(9)11/h3-4H,1-2H3,(H2,8,10)(H2,9,11). The second-order valence-electron chi connectivity index (χ2n) is 3.58. The molecule has 0 saturated heterocycles. The summed E-state index contributed by atoms with van der Waals surface area (Å²) in [6.07, 6.45) is 0. The molecule has 0 aromatic rings. The van der Waals surface area contributed by atoms with Crippen molar-refractivity contribution in [1.29, 1.82) is 0 Å². The van der Waals surface area contributed by atoms with Gasteiger partial charge in [0.25, 0.3) is 0 Å². The summed E-state index contributed by atoms with van der Waals surface area (Å²) in [4.78, 5) is 1.07. The Morgan fingerprint density at radius 3 is 1.45 bits per heavy atom. The maximum absolute atomic E-state index is 5.52. The average Bonchev–Trinajstić information content (AvgIpc) is 2.33. The third-order valence-electron chi connectivity index (χ3n) is 2.44. The Hall–Kier alpha value is -0.220. The molecule has 1 fully saturated rings. The first-order chi connectivity index (χ1) is 4.89. The lowest BCUT2D eigenvalue weighted by Gasteiger charge is -1.98. The minimum Gasteiger partial charge on any atom is -0.393 e. The van der Waals surface area contributed by atoms with Gasteiger partial charge in [0.1, 0.15) is 0 Å². The second-order valence-corrected chi connectivity index (χ2v) is 4.52. The molecule has 1 saturated carbocycles. The molecule has 0 aliphatic heterocycles. The monoisotopic (exact) mass is 188 g/mol. The zero-order valence-corrected chi connectivity index (χ0v) is 8.26. The molecule has 2 atom stereocenters. The van der Waals surface area contributed by atoms with Gasteiger partial charge in [0.2, 0.25) is 0 Å². The Balaban J connectivity index is 2.76. The van der Waals surface area contributed by atoms with Crippen molar-refractivity contribution in [3.8, 4) is 0 Å². The first-order valence-electron chi connectivity index (χ1n) is 3.47. The van der Waals surface area contributed by atoms with E-state index in [2.05, 4.69) is 13.8 Å². The fraction of sp³-hybridized carbons (Fsp3) is 0.714. The maximum atomic E-state index is 5.52. The van der Waals surface area contributed by atoms with Gasteiger partial charge in [0.15, 0.2) is 0 Å². The van der Waals surface area contributed by atoms with Crippen LogP contribution in [0.25, 0.3) is 0 Å². The van der Waals surface area contributed by atoms with E-state index in [9.17, 15) is 0 Å². The molecule has 2 unspecified atom stereocenters. The van der Waals surface area contributed by atoms with Gasteiger partial charge in [0, 0.05) is 11.8 Å². The maximum Gasteiger partial charge on any atom is 0.0771 e. The summed E-state index contributed by atoms with van der Waals surface area (Å²) in [5, 5.41) is 0. The highest BCUT2D eigenvalue weighted by Crippen LogP contribution is 2.58. The first kappa shape index (κ1) is 8.87. The molecule has 11 heavy (non-hydrogen) atoms. The first-order valence-corrected chi connectivity index (χ1v) is 4.29. The Kier molecular flexibility index (Phi) is 1.92. The lowest BCUT2D eigenvalue weighted by molar-refractivity contribution is 0.602. The number of hydrogen-bond donors (Lipinski definition) is 2. The predicted molar refractivity (Wildman–Crippen MR) is 54.3 cm³/mol. The van der Waals surface area contributed by atoms with Gasteiger partial charge in [-0.1, -0.05) is 38.3 Å². The fourth-order valence-corrected chi connectivity index (χ4v) is 2.58. The van der Waals surface area contributed by atoms with Crippen molar-refractivity contribution in [2.24, 2.45) is 28.7 Å². The van der Waals surface area contributed by atoms with Gasteiger partial charge in [-0.2, -0.15) is 0 Å². The van der Waals surface area contributed by atoms with Crippen LogP contribution in [-0.4, -0.2) is 9.98 Å². The van der Waals surface area contributed by atoms with Crippen molar-refractivity contribution in [1.82, 2.24) is 0 Å². The summed E-state index contributed by atoms with van der Waals surface area (Å²) in [5.41, 5.74) is 11.1. The molecular weight excluding hydrogens is 176 g/mol. The molecule has 62 valence electrons. The van der Waals surface area contributed by atoms with Crippen molar-refractivity contribution in [2.45, 2.75) is 13.8 Å². The largest absolute Gasteiger partial charge is 0.393 e. The zero-order chi connectivity index (χ0) is 8.81. The van der Waals surface area contributed by atoms with Crippen molar-refractivity contribution >= 4 is 34.4 Å². The van der Waals surface area contributed by atoms with Crippen molar-refractivity contribution < 1.29 is 0 Å². The molecule has 0 heterocycles. The minimum atomic E-state index is 0.0949. The van der Waals surface area contributed by atoms with Crippen LogP contribution in [0, 0.1) is 17.3 Å². The number of nitrogens with two attached hydrogens (primary N) is 2. The quantitative estimate of drug-likeness (QED) is 0.630. The molecule has 0 aromatic carbocycles. The van der Waals surface area contributed by atoms with E-state index in [4.69, 9.17) is 35.9 Å². The highest BCUT2D eigenvalue weighted by molar-refractivity contribution is 7.80. The summed E-state index contributed by atoms with van der Waals surface area (Å²) in [5.74, 6) is 0.435. The molecule has 1 aliphatic carbocycles. The van der Waals surface area contributed by atoms with Crippen LogP contribution < -0.4 is 11.5 Å². The Morgan fingerprint density at radius 1 is 1.09 bits per heavy atom. The van der Waals surface area contributed by atoms with E-state index in [0.717, 1.165) is 0 Å². The molecule has 0 aromatic heterocycles. The summed E-state index contributed by atoms with van der Waals surface area (Å²) < 4.78 is 0. The lowest BCUT2D eigenvalue weighted by atomic mass is 10.1. The van der Waals surface area contributed by atoms with Gasteiger partial charge in [-0.05, 0) is 5.41 Å². The van der Waals surface area contributed by atoms with Crippen LogP contribution in [0.2, 0.25) is 0 Å². The van der Waals surface area contributed by atoms with Crippen LogP contribution in [0.5, 0.6) is 0 Å². The number of hydrogen-bond acceptors (Lipinski definition) is 2. The van der Waals surface area contributed by atoms with Crippen molar-refractivity contribution in [3.05, 3.63) is 0 Å². The van der Waals surface area contributed by atoms with Crippen LogP contribution in [-0.2, 0) is 0 Å². The second kappa shape index (κ2) is 2.38. The van der Waals surface area contributed by atoms with E-state index < -0.39 is 0 Å². The lowest BCUT2D eigenvalue weighted by Crippen LogP contribution is -2.17. The van der Waals surface area contributed by atoms with E-state index in [1.807, 2.05) is 0 Å². The normalized spacial score (nSPS) is 32.9. The smallest absolute Gasteiger partial charge is 0.0771 e. The van der Waals surface area contributed by atoms with Crippen LogP contribution in [0.15, 0.2) is 0 Å². The van der Waals surface area contributed by atoms with Gasteiger partial charge < -0.3 is 11.5 Å². The Morgan fingerprint density at radius 2 is 1.36 bits per heavy atom. The molecule has 0 radical (unpaired) electrons. The van der Waals surface area contributed by atoms with Crippen LogP contribution in [0.4, 0.5) is 0 Å². The summed E-state index contributed by atoms with van der Waals surface area (Å²) in [6, 6.07) is 0. The summed E-state index contributed by atoms with van der Waals surface area (Å²) >= 11 is 9.78. The van der Waals surface area contributed by atoms with Gasteiger partial charge in [-0.25, -0.2) is 0 Å². The third-order valence-corrected chi connectivity index (χ3v) is 2.95. The van der Waals surface area contributed by atoms with E-state index in [-0.39, 0.29) is 17.3 Å². The third kappa shape index (κ3) is 1.25. The predicted octanol–water partition coefficient (Wildman–Crippen LogP) is 0.831. The topological polar surface area (TPSA) is 52.0 Å². The fourth-order valence-electron chi connectivity index (χ4n) is 1.70. The summed E-state index contributed by atoms with van der Waals surface area (Å²) in [6.45, 7) is 4.17. The van der Waals surface area contributed by atoms with Gasteiger partial charge >= 0.3 is 0 Å². The molecule has 1 aliphatic rings. The molecule has 4 N–H and O–H groups in total. The van der Waals surface area contributed by atoms with Gasteiger partial charge in [0.05, 0.1) is 9.98 Å². The molecule has 0 amide bonds. The van der Waals surface area contributed by atoms with Crippen LogP contribution in [0.3, 0.4) is 0 Å². The van der Waals surface area contributed by atoms with Crippen LogP contribution >= 0.6 is 24.4 Å². The van der Waals surface area contributed by atoms with E-state index in [1.54, 1.807) is 0 Å². The SMILES string of the molecule is CC1(C)C(C(N)=S)C1C(N)=S. The molecule has 0 spiro atoms. The van der Waals surface area contributed by atoms with E-state index >= 15 is 0 Å². The Bertz CT molecular complexity index is 200. The van der Waals surface area contributed by atoms with E-state index in [1.165, 1.54) is 0 Å². The Labute approximate surface area is 77.3 Å². The van der Waals surface area contributed by atoms with Gasteiger partial charge in [-0.15, -0.1) is 0 Å². The minimum absolute atomic E-state index is 0.0949. The molecule has 1 rings (SSSR count). The van der Waals surface area contributed by atoms with Gasteiger partial charge in [-0.3, -0.25) is 0 Å². The molecular formula is C7H12N2S2. The zero-order valence-electron chi connectivity index (χ0n) is 6.63. The molecule has 4 heteroatoms. The van der Waals surface area contributed by atoms with Crippen LogP contribution in [0.1, 0.15) is 13.8 Å². The highest BCUT2D eigenvalue weighted by atomic mass is 32.1. The number of thiocarbonyl (C=S) groups is 2. The number of rotatable bonds is 2. The van der Waals surface area contributed by atoms with Crippen molar-refractivity contribution in [2.75, 3.05) is 0 Å². The molecule has 2 nitrogen and oxygen atoms in total. The van der Waals surface area contributed by atoms with E-state index in [0.29, 0.717) is 9.98 Å². The summed E-state index contributed by atoms with van der Waals surface area (Å²) in [7, 11) is 0. The average molecular weight is 188 g/mol. The molecule has 0 bridgehead atoms. The van der Waals surface area contributed by atoms with Crippen molar-refractivity contribution in [3.63, 3.8) is 0 Å².